The minimum atomic E-state index is 0.572. The monoisotopic (exact) mass is 139 g/mol. The largest absolute Gasteiger partial charge is 0.413 e. The summed E-state index contributed by atoms with van der Waals surface area (Å²) in [6, 6.07) is 0. The van der Waals surface area contributed by atoms with Crippen molar-refractivity contribution in [3.05, 3.63) is 12.7 Å². The molecule has 2 aromatic heterocycles. The van der Waals surface area contributed by atoms with Crippen molar-refractivity contribution in [1.29, 1.82) is 0 Å². The molecule has 2 aromatic rings. The summed E-state index contributed by atoms with van der Waals surface area (Å²) in [6.07, 6.45) is 3.02. The Kier molecular flexibility index (Phi) is 0.883. The van der Waals surface area contributed by atoms with Crippen LogP contribution in [0.15, 0.2) is 12.7 Å². The van der Waals surface area contributed by atoms with Gasteiger partial charge in [0.05, 0.1) is 0 Å². The maximum absolute atomic E-state index is 4.86. The van der Waals surface area contributed by atoms with Crippen molar-refractivity contribution < 1.29 is 4.84 Å². The minimum absolute atomic E-state index is 0.572. The van der Waals surface area contributed by atoms with Gasteiger partial charge in [0.15, 0.2) is 6.33 Å². The molecule has 0 unspecified atom stereocenters. The maximum Gasteiger partial charge on any atom is 0.286 e. The van der Waals surface area contributed by atoms with Crippen LogP contribution >= 0.6 is 0 Å². The van der Waals surface area contributed by atoms with Gasteiger partial charge in [-0.1, -0.05) is 0 Å². The lowest BCUT2D eigenvalue weighted by molar-refractivity contribution is 0.175. The van der Waals surface area contributed by atoms with Gasteiger partial charge < -0.3 is 4.84 Å². The van der Waals surface area contributed by atoms with E-state index < -0.39 is 0 Å². The lowest BCUT2D eigenvalue weighted by atomic mass is 11.1. The van der Waals surface area contributed by atoms with Crippen molar-refractivity contribution in [2.24, 2.45) is 0 Å². The Morgan fingerprint density at radius 1 is 1.50 bits per heavy atom. The van der Waals surface area contributed by atoms with Gasteiger partial charge in [-0.2, -0.15) is 9.61 Å². The van der Waals surface area contributed by atoms with E-state index in [1.807, 2.05) is 0 Å². The van der Waals surface area contributed by atoms with Crippen LogP contribution in [0.2, 0.25) is 0 Å². The van der Waals surface area contributed by atoms with Gasteiger partial charge in [-0.15, -0.1) is 14.9 Å². The number of nitrogens with zero attached hydrogens (tertiary/aromatic N) is 5. The number of hydrogen-bond acceptors (Lipinski definition) is 4. The summed E-state index contributed by atoms with van der Waals surface area (Å²) in [4.78, 5) is 4.86. The second-order valence-electron chi connectivity index (χ2n) is 1.71. The second-order valence-corrected chi connectivity index (χ2v) is 1.71. The first-order valence-electron chi connectivity index (χ1n) is 2.69. The van der Waals surface area contributed by atoms with E-state index in [2.05, 4.69) is 15.3 Å². The molecule has 0 N–H and O–H groups in total. The van der Waals surface area contributed by atoms with Crippen molar-refractivity contribution >= 4 is 5.78 Å². The highest BCUT2D eigenvalue weighted by molar-refractivity contribution is 5.21. The molecule has 0 saturated carbocycles. The van der Waals surface area contributed by atoms with Gasteiger partial charge in [0.25, 0.3) is 5.78 Å². The Morgan fingerprint density at radius 2 is 2.40 bits per heavy atom. The van der Waals surface area contributed by atoms with Gasteiger partial charge >= 0.3 is 0 Å². The second kappa shape index (κ2) is 1.69. The third-order valence-corrected chi connectivity index (χ3v) is 1.19. The summed E-state index contributed by atoms with van der Waals surface area (Å²) in [6.45, 7) is 0. The van der Waals surface area contributed by atoms with Crippen molar-refractivity contribution in [2.75, 3.05) is 7.11 Å². The van der Waals surface area contributed by atoms with E-state index in [9.17, 15) is 0 Å². The van der Waals surface area contributed by atoms with E-state index in [1.165, 1.54) is 29.0 Å². The van der Waals surface area contributed by atoms with Gasteiger partial charge in [0.2, 0.25) is 0 Å². The summed E-state index contributed by atoms with van der Waals surface area (Å²) in [5.41, 5.74) is 0. The van der Waals surface area contributed by atoms with Crippen LogP contribution in [-0.4, -0.2) is 31.7 Å². The number of rotatable bonds is 1. The molecule has 0 aromatic carbocycles. The fourth-order valence-electron chi connectivity index (χ4n) is 0.733. The minimum Gasteiger partial charge on any atom is -0.413 e. The predicted octanol–water partition coefficient (Wildman–Crippen LogP) is -1.02. The number of fused-ring (bicyclic) bond motifs is 1. The lowest BCUT2D eigenvalue weighted by Crippen LogP contribution is -2.03. The van der Waals surface area contributed by atoms with Crippen molar-refractivity contribution in [1.82, 2.24) is 24.5 Å². The summed E-state index contributed by atoms with van der Waals surface area (Å²) < 4.78 is 2.94. The summed E-state index contributed by atoms with van der Waals surface area (Å²) in [5, 5.41) is 11.2. The molecule has 0 fully saturated rings. The molecule has 52 valence electrons. The van der Waals surface area contributed by atoms with Gasteiger partial charge in [-0.05, 0) is 0 Å². The number of hydrogen-bond donors (Lipinski definition) is 0. The predicted molar refractivity (Wildman–Crippen MR) is 31.3 cm³/mol. The van der Waals surface area contributed by atoms with Crippen LogP contribution in [0, 0.1) is 0 Å². The third kappa shape index (κ3) is 0.498. The smallest absolute Gasteiger partial charge is 0.286 e. The van der Waals surface area contributed by atoms with E-state index in [-0.39, 0.29) is 0 Å². The molecule has 6 heteroatoms. The quantitative estimate of drug-likeness (QED) is 0.507. The molecule has 0 amide bonds. The van der Waals surface area contributed by atoms with E-state index in [4.69, 9.17) is 4.84 Å². The lowest BCUT2D eigenvalue weighted by Gasteiger charge is -1.93. The molecule has 2 heterocycles. The topological polar surface area (TPSA) is 57.2 Å². The third-order valence-electron chi connectivity index (χ3n) is 1.19. The van der Waals surface area contributed by atoms with E-state index in [0.29, 0.717) is 5.78 Å². The summed E-state index contributed by atoms with van der Waals surface area (Å²) in [7, 11) is 1.54. The molecular formula is C4H5N5O. The molecule has 0 aliphatic carbocycles. The highest BCUT2D eigenvalue weighted by atomic mass is 16.6. The molecule has 10 heavy (non-hydrogen) atoms. The normalized spacial score (nSPS) is 10.5. The zero-order valence-electron chi connectivity index (χ0n) is 5.30. The van der Waals surface area contributed by atoms with Crippen LogP contribution in [0.5, 0.6) is 0 Å². The molecule has 0 atom stereocenters. The first-order valence-corrected chi connectivity index (χ1v) is 2.69. The Hall–Kier alpha value is -1.59. The molecule has 0 aliphatic heterocycles. The van der Waals surface area contributed by atoms with Crippen LogP contribution in [0.4, 0.5) is 0 Å². The number of aromatic nitrogens is 5. The van der Waals surface area contributed by atoms with Gasteiger partial charge in [-0.25, -0.2) is 0 Å². The maximum atomic E-state index is 4.86. The van der Waals surface area contributed by atoms with Crippen LogP contribution < -0.4 is 4.84 Å². The molecule has 0 saturated heterocycles. The zero-order valence-corrected chi connectivity index (χ0v) is 5.30. The highest BCUT2D eigenvalue weighted by Crippen LogP contribution is 1.92. The van der Waals surface area contributed by atoms with Gasteiger partial charge in [-0.3, -0.25) is 0 Å². The Balaban J connectivity index is 2.76. The first kappa shape index (κ1) is 5.21. The molecule has 0 aliphatic rings. The average Bonchev–Trinajstić information content (AvgIpc) is 2.44. The molecule has 0 bridgehead atoms. The van der Waals surface area contributed by atoms with E-state index >= 15 is 0 Å². The van der Waals surface area contributed by atoms with Crippen molar-refractivity contribution in [2.45, 2.75) is 0 Å². The fourth-order valence-corrected chi connectivity index (χ4v) is 0.733. The highest BCUT2D eigenvalue weighted by Gasteiger charge is 2.01. The van der Waals surface area contributed by atoms with Crippen molar-refractivity contribution in [3.63, 3.8) is 0 Å². The molecule has 0 spiro atoms. The standard InChI is InChI=1S/C4H5N5O/c1-10-9-3-6-8-2-5-7-4(8)9/h2-3H,1H3. The fraction of sp³-hybridized carbons (Fsp3) is 0.250. The average molecular weight is 139 g/mol. The van der Waals surface area contributed by atoms with Crippen LogP contribution in [0.3, 0.4) is 0 Å². The molecule has 2 rings (SSSR count). The SMILES string of the molecule is COn1cnn2cnnc12. The van der Waals surface area contributed by atoms with E-state index in [1.54, 1.807) is 0 Å². The summed E-state index contributed by atoms with van der Waals surface area (Å²) >= 11 is 0. The van der Waals surface area contributed by atoms with Gasteiger partial charge in [0, 0.05) is 0 Å². The van der Waals surface area contributed by atoms with Crippen LogP contribution in [0.25, 0.3) is 5.78 Å². The molecular weight excluding hydrogens is 134 g/mol. The Morgan fingerprint density at radius 3 is 3.20 bits per heavy atom. The Bertz CT molecular complexity index is 336. The molecule has 0 radical (unpaired) electrons. The zero-order chi connectivity index (χ0) is 6.97. The van der Waals surface area contributed by atoms with E-state index in [0.717, 1.165) is 0 Å². The van der Waals surface area contributed by atoms with Crippen LogP contribution in [0.1, 0.15) is 0 Å². The van der Waals surface area contributed by atoms with Gasteiger partial charge in [0.1, 0.15) is 13.4 Å². The summed E-state index contributed by atoms with van der Waals surface area (Å²) in [5.74, 6) is 0.572. The van der Waals surface area contributed by atoms with Crippen molar-refractivity contribution in [3.8, 4) is 0 Å². The Labute approximate surface area is 56.0 Å². The molecule has 6 nitrogen and oxygen atoms in total. The first-order chi connectivity index (χ1) is 4.92. The van der Waals surface area contributed by atoms with Crippen LogP contribution in [-0.2, 0) is 0 Å².